The van der Waals surface area contributed by atoms with Crippen LogP contribution in [0.1, 0.15) is 0 Å². The van der Waals surface area contributed by atoms with E-state index in [0.717, 1.165) is 0 Å². The Bertz CT molecular complexity index is 335. The number of hydrogen-bond acceptors (Lipinski definition) is 4. The van der Waals surface area contributed by atoms with E-state index in [1.807, 2.05) is 0 Å². The van der Waals surface area contributed by atoms with Crippen molar-refractivity contribution in [2.45, 2.75) is 0 Å². The summed E-state index contributed by atoms with van der Waals surface area (Å²) in [5.41, 5.74) is 5.39. The van der Waals surface area contributed by atoms with E-state index in [1.54, 1.807) is 7.05 Å². The average molecular weight is 250 g/mol. The van der Waals surface area contributed by atoms with E-state index in [4.69, 9.17) is 10.5 Å². The van der Waals surface area contributed by atoms with Crippen molar-refractivity contribution in [3.63, 3.8) is 0 Å². The maximum atomic E-state index is 11.8. The molecule has 0 aromatic heterocycles. The molecule has 0 aromatic rings. The van der Waals surface area contributed by atoms with E-state index in [-0.39, 0.29) is 18.3 Å². The molecule has 0 unspecified atom stereocenters. The summed E-state index contributed by atoms with van der Waals surface area (Å²) in [5.74, 6) is 0.264. The van der Waals surface area contributed by atoms with Crippen LogP contribution in [0.15, 0.2) is 4.99 Å². The molecule has 0 saturated carbocycles. The van der Waals surface area contributed by atoms with Gasteiger partial charge in [-0.05, 0) is 0 Å². The van der Waals surface area contributed by atoms with Crippen LogP contribution in [0.25, 0.3) is 0 Å². The molecular formula is C8H18N4O3S. The third kappa shape index (κ3) is 3.95. The molecule has 8 heteroatoms. The fraction of sp³-hybridized carbons (Fsp3) is 0.875. The summed E-state index contributed by atoms with van der Waals surface area (Å²) in [6, 6.07) is 0. The number of ether oxygens (including phenoxy) is 1. The minimum Gasteiger partial charge on any atom is -0.379 e. The first-order valence-corrected chi connectivity index (χ1v) is 6.69. The number of hydrogen-bond donors (Lipinski definition) is 2. The van der Waals surface area contributed by atoms with Gasteiger partial charge in [0.05, 0.1) is 19.0 Å². The van der Waals surface area contributed by atoms with Crippen molar-refractivity contribution < 1.29 is 13.2 Å². The van der Waals surface area contributed by atoms with Crippen molar-refractivity contribution in [1.29, 1.82) is 0 Å². The lowest BCUT2D eigenvalue weighted by Crippen LogP contribution is -2.44. The van der Waals surface area contributed by atoms with Gasteiger partial charge in [0, 0.05) is 26.7 Å². The van der Waals surface area contributed by atoms with Gasteiger partial charge >= 0.3 is 0 Å². The second kappa shape index (κ2) is 6.02. The lowest BCUT2D eigenvalue weighted by Gasteiger charge is -2.26. The quantitative estimate of drug-likeness (QED) is 0.452. The lowest BCUT2D eigenvalue weighted by atomic mass is 10.5. The summed E-state index contributed by atoms with van der Waals surface area (Å²) in [4.78, 5) is 3.68. The molecule has 0 amide bonds. The first-order valence-electron chi connectivity index (χ1n) is 5.08. The molecule has 0 spiro atoms. The number of nitrogens with zero attached hydrogens (tertiary/aromatic N) is 2. The zero-order valence-corrected chi connectivity index (χ0v) is 10.2. The van der Waals surface area contributed by atoms with Gasteiger partial charge in [-0.3, -0.25) is 4.99 Å². The van der Waals surface area contributed by atoms with Crippen LogP contribution in [0, 0.1) is 0 Å². The molecule has 0 aromatic carbocycles. The van der Waals surface area contributed by atoms with E-state index in [9.17, 15) is 8.42 Å². The fourth-order valence-electron chi connectivity index (χ4n) is 1.34. The van der Waals surface area contributed by atoms with Crippen LogP contribution in [-0.2, 0) is 14.8 Å². The Kier molecular flexibility index (Phi) is 4.97. The third-order valence-electron chi connectivity index (χ3n) is 2.27. The molecule has 0 radical (unpaired) electrons. The Hall–Kier alpha value is -0.860. The maximum absolute atomic E-state index is 11.8. The van der Waals surface area contributed by atoms with Crippen LogP contribution in [-0.4, -0.2) is 64.3 Å². The molecule has 1 heterocycles. The van der Waals surface area contributed by atoms with Crippen molar-refractivity contribution in [1.82, 2.24) is 9.62 Å². The van der Waals surface area contributed by atoms with E-state index in [1.165, 1.54) is 4.31 Å². The molecule has 1 aliphatic heterocycles. The summed E-state index contributed by atoms with van der Waals surface area (Å²) in [6.45, 7) is 2.05. The van der Waals surface area contributed by atoms with E-state index >= 15 is 0 Å². The molecule has 7 nitrogen and oxygen atoms in total. The zero-order chi connectivity index (χ0) is 12.0. The third-order valence-corrected chi connectivity index (χ3v) is 4.14. The van der Waals surface area contributed by atoms with Gasteiger partial charge in [0.2, 0.25) is 10.0 Å². The summed E-state index contributed by atoms with van der Waals surface area (Å²) in [7, 11) is -1.67. The Morgan fingerprint density at radius 2 is 2.12 bits per heavy atom. The van der Waals surface area contributed by atoms with Gasteiger partial charge in [-0.2, -0.15) is 4.31 Å². The minimum atomic E-state index is -3.21. The van der Waals surface area contributed by atoms with Gasteiger partial charge in [-0.1, -0.05) is 0 Å². The van der Waals surface area contributed by atoms with Crippen LogP contribution < -0.4 is 11.1 Å². The average Bonchev–Trinajstić information content (AvgIpc) is 2.30. The topological polar surface area (TPSA) is 97.0 Å². The molecule has 0 atom stereocenters. The molecule has 3 N–H and O–H groups in total. The van der Waals surface area contributed by atoms with Gasteiger partial charge in [-0.25, -0.2) is 8.42 Å². The fourth-order valence-corrected chi connectivity index (χ4v) is 2.66. The molecular weight excluding hydrogens is 232 g/mol. The highest BCUT2D eigenvalue weighted by Gasteiger charge is 2.23. The number of aliphatic imine (C=N–C) groups is 1. The number of guanidine groups is 1. The summed E-state index contributed by atoms with van der Waals surface area (Å²) in [6.07, 6.45) is 0. The number of rotatable bonds is 4. The molecule has 1 aliphatic rings. The molecule has 94 valence electrons. The Morgan fingerprint density at radius 3 is 2.69 bits per heavy atom. The van der Waals surface area contributed by atoms with Gasteiger partial charge < -0.3 is 15.8 Å². The number of morpholine rings is 1. The SMILES string of the molecule is CN=C(N)NCCS(=O)(=O)N1CCOCC1. The predicted molar refractivity (Wildman–Crippen MR) is 61.7 cm³/mol. The minimum absolute atomic E-state index is 0.0171. The normalized spacial score (nSPS) is 19.7. The van der Waals surface area contributed by atoms with Crippen LogP contribution in [0.4, 0.5) is 0 Å². The Labute approximate surface area is 95.7 Å². The first kappa shape index (κ1) is 13.2. The van der Waals surface area contributed by atoms with Gasteiger partial charge in [0.1, 0.15) is 0 Å². The Morgan fingerprint density at radius 1 is 1.50 bits per heavy atom. The molecule has 1 saturated heterocycles. The number of nitrogens with two attached hydrogens (primary N) is 1. The van der Waals surface area contributed by atoms with Gasteiger partial charge in [0.15, 0.2) is 5.96 Å². The largest absolute Gasteiger partial charge is 0.379 e. The van der Waals surface area contributed by atoms with Gasteiger partial charge in [0.25, 0.3) is 0 Å². The van der Waals surface area contributed by atoms with Crippen LogP contribution in [0.3, 0.4) is 0 Å². The highest BCUT2D eigenvalue weighted by Crippen LogP contribution is 2.04. The monoisotopic (exact) mass is 250 g/mol. The van der Waals surface area contributed by atoms with Crippen molar-refractivity contribution in [2.24, 2.45) is 10.7 Å². The predicted octanol–water partition coefficient (Wildman–Crippen LogP) is -1.82. The van der Waals surface area contributed by atoms with Gasteiger partial charge in [-0.15, -0.1) is 0 Å². The maximum Gasteiger partial charge on any atom is 0.215 e. The molecule has 16 heavy (non-hydrogen) atoms. The van der Waals surface area contributed by atoms with Crippen molar-refractivity contribution in [3.8, 4) is 0 Å². The van der Waals surface area contributed by atoms with Crippen molar-refractivity contribution in [2.75, 3.05) is 45.6 Å². The first-order chi connectivity index (χ1) is 7.56. The van der Waals surface area contributed by atoms with Crippen molar-refractivity contribution in [3.05, 3.63) is 0 Å². The zero-order valence-electron chi connectivity index (χ0n) is 9.35. The summed E-state index contributed by atoms with van der Waals surface area (Å²) < 4.78 is 30.1. The molecule has 1 fully saturated rings. The Balaban J connectivity index is 2.39. The smallest absolute Gasteiger partial charge is 0.215 e. The number of sulfonamides is 1. The van der Waals surface area contributed by atoms with E-state index in [0.29, 0.717) is 26.3 Å². The molecule has 0 bridgehead atoms. The second-order valence-electron chi connectivity index (χ2n) is 3.36. The second-order valence-corrected chi connectivity index (χ2v) is 5.45. The van der Waals surface area contributed by atoms with Crippen LogP contribution >= 0.6 is 0 Å². The number of nitrogens with one attached hydrogen (secondary N) is 1. The van der Waals surface area contributed by atoms with E-state index in [2.05, 4.69) is 10.3 Å². The lowest BCUT2D eigenvalue weighted by molar-refractivity contribution is 0.0730. The highest BCUT2D eigenvalue weighted by atomic mass is 32.2. The van der Waals surface area contributed by atoms with Crippen molar-refractivity contribution >= 4 is 16.0 Å². The summed E-state index contributed by atoms with van der Waals surface area (Å²) in [5, 5.41) is 2.72. The molecule has 1 rings (SSSR count). The molecule has 0 aliphatic carbocycles. The highest BCUT2D eigenvalue weighted by molar-refractivity contribution is 7.89. The van der Waals surface area contributed by atoms with Crippen LogP contribution in [0.2, 0.25) is 0 Å². The van der Waals surface area contributed by atoms with E-state index < -0.39 is 10.0 Å². The standard InChI is InChI=1S/C8H18N4O3S/c1-10-8(9)11-2-7-16(13,14)12-3-5-15-6-4-12/h2-7H2,1H3,(H3,9,10,11). The summed E-state index contributed by atoms with van der Waals surface area (Å²) >= 11 is 0. The van der Waals surface area contributed by atoms with Crippen LogP contribution in [0.5, 0.6) is 0 Å².